The van der Waals surface area contributed by atoms with Crippen molar-refractivity contribution in [3.8, 4) is 0 Å². The minimum Gasteiger partial charge on any atom is -0.392 e. The van der Waals surface area contributed by atoms with Crippen LogP contribution < -0.4 is 0 Å². The number of allylic oxidation sites excluding steroid dienone is 2. The van der Waals surface area contributed by atoms with E-state index in [1.165, 1.54) is 19.3 Å². The molecule has 74 valence electrons. The molecule has 0 aliphatic heterocycles. The van der Waals surface area contributed by atoms with E-state index in [1.54, 1.807) is 13.0 Å². The molecule has 0 aromatic rings. The predicted molar refractivity (Wildman–Crippen MR) is 50.3 cm³/mol. The Labute approximate surface area is 82.0 Å². The average Bonchev–Trinajstić information content (AvgIpc) is 2.13. The normalized spacial score (nSPS) is 14.6. The highest BCUT2D eigenvalue weighted by Crippen LogP contribution is 2.04. The van der Waals surface area contributed by atoms with Crippen molar-refractivity contribution in [2.24, 2.45) is 0 Å². The third kappa shape index (κ3) is 5.38. The molecule has 0 spiro atoms. The van der Waals surface area contributed by atoms with Gasteiger partial charge in [-0.25, -0.2) is 4.84 Å². The van der Waals surface area contributed by atoms with Crippen LogP contribution in [-0.2, 0) is 4.84 Å². The van der Waals surface area contributed by atoms with Gasteiger partial charge in [0.1, 0.15) is 0 Å². The Bertz CT molecular complexity index is 225. The summed E-state index contributed by atoms with van der Waals surface area (Å²) in [6.45, 7) is 1.54. The molecule has 0 aliphatic carbocycles. The van der Waals surface area contributed by atoms with Crippen molar-refractivity contribution in [2.75, 3.05) is 13.7 Å². The zero-order valence-corrected chi connectivity index (χ0v) is 8.36. The van der Waals surface area contributed by atoms with Crippen LogP contribution in [0.15, 0.2) is 23.3 Å². The van der Waals surface area contributed by atoms with Crippen LogP contribution in [0.1, 0.15) is 6.92 Å². The number of rotatable bonds is 5. The van der Waals surface area contributed by atoms with Gasteiger partial charge < -0.3 is 5.11 Å². The first-order valence-electron chi connectivity index (χ1n) is 3.77. The first-order chi connectivity index (χ1) is 6.11. The van der Waals surface area contributed by atoms with E-state index in [9.17, 15) is 4.91 Å². The highest BCUT2D eigenvalue weighted by atomic mass is 35.5. The number of aliphatic hydroxyl groups excluding tert-OH is 1. The Kier molecular flexibility index (Phi) is 6.18. The fourth-order valence-electron chi connectivity index (χ4n) is 0.623. The number of hydrogen-bond donors (Lipinski definition) is 1. The van der Waals surface area contributed by atoms with Gasteiger partial charge in [0.25, 0.3) is 6.04 Å². The van der Waals surface area contributed by atoms with Gasteiger partial charge in [0.15, 0.2) is 7.11 Å². The fraction of sp³-hybridized carbons (Fsp3) is 0.500. The highest BCUT2D eigenvalue weighted by Gasteiger charge is 2.16. The van der Waals surface area contributed by atoms with Gasteiger partial charge in [-0.05, 0) is 18.2 Å². The van der Waals surface area contributed by atoms with Gasteiger partial charge in [0, 0.05) is 12.0 Å². The molecule has 0 fully saturated rings. The third-order valence-corrected chi connectivity index (χ3v) is 1.61. The second-order valence-electron chi connectivity index (χ2n) is 2.34. The number of nitrogens with zero attached hydrogens (tertiary/aromatic N) is 1. The van der Waals surface area contributed by atoms with Gasteiger partial charge in [-0.2, -0.15) is 0 Å². The van der Waals surface area contributed by atoms with Gasteiger partial charge in [-0.1, -0.05) is 11.6 Å². The summed E-state index contributed by atoms with van der Waals surface area (Å²) < 4.78 is 0. The topological polar surface area (TPSA) is 49.5 Å². The van der Waals surface area contributed by atoms with E-state index >= 15 is 0 Å². The monoisotopic (exact) mass is 206 g/mol. The van der Waals surface area contributed by atoms with Crippen molar-refractivity contribution >= 4 is 11.6 Å². The quantitative estimate of drug-likeness (QED) is 0.546. The van der Waals surface area contributed by atoms with E-state index in [-0.39, 0.29) is 6.61 Å². The Hall–Kier alpha value is -0.870. The molecule has 13 heavy (non-hydrogen) atoms. The van der Waals surface area contributed by atoms with Crippen LogP contribution in [0.25, 0.3) is 0 Å². The maximum Gasteiger partial charge on any atom is 0.273 e. The molecule has 0 bridgehead atoms. The molecule has 0 rings (SSSR count). The van der Waals surface area contributed by atoms with E-state index in [0.717, 1.165) is 0 Å². The van der Waals surface area contributed by atoms with Gasteiger partial charge in [0.05, 0.1) is 11.5 Å². The molecule has 0 saturated carbocycles. The molecule has 1 N–H and O–H groups in total. The third-order valence-electron chi connectivity index (χ3n) is 1.33. The van der Waals surface area contributed by atoms with Crippen LogP contribution in [0.5, 0.6) is 0 Å². The van der Waals surface area contributed by atoms with Crippen LogP contribution in [0, 0.1) is 4.91 Å². The van der Waals surface area contributed by atoms with Crippen molar-refractivity contribution in [3.05, 3.63) is 28.2 Å². The number of halogens is 1. The first kappa shape index (κ1) is 12.1. The highest BCUT2D eigenvalue weighted by molar-refractivity contribution is 6.31. The largest absolute Gasteiger partial charge is 0.392 e. The molecule has 1 unspecified atom stereocenters. The van der Waals surface area contributed by atoms with Gasteiger partial charge in [-0.3, -0.25) is 0 Å². The molecule has 0 aliphatic rings. The zero-order valence-electron chi connectivity index (χ0n) is 7.61. The number of hydrogen-bond acceptors (Lipinski definition) is 3. The van der Waals surface area contributed by atoms with Crippen LogP contribution >= 0.6 is 11.6 Å². The standard InChI is InChI=1S/C8H13ClNO3/c1-7(10(12)13-2)3-4-8(9)5-6-11/h3-5,7,11H,6H2,1-2H3/q+1/b4-3-,8-5+. The predicted octanol–water partition coefficient (Wildman–Crippen LogP) is 1.39. The lowest BCUT2D eigenvalue weighted by Crippen LogP contribution is -2.16. The second kappa shape index (κ2) is 6.62. The molecular weight excluding hydrogens is 194 g/mol. The Morgan fingerprint density at radius 3 is 2.85 bits per heavy atom. The summed E-state index contributed by atoms with van der Waals surface area (Å²) in [5.41, 5.74) is 0. The maximum absolute atomic E-state index is 10.8. The van der Waals surface area contributed by atoms with E-state index in [1.807, 2.05) is 0 Å². The average molecular weight is 207 g/mol. The second-order valence-corrected chi connectivity index (χ2v) is 2.78. The van der Waals surface area contributed by atoms with E-state index in [4.69, 9.17) is 16.7 Å². The molecule has 0 amide bonds. The molecule has 4 nitrogen and oxygen atoms in total. The minimum atomic E-state index is -0.411. The SMILES string of the molecule is CO[N+](=O)C(C)/C=C\C(Cl)=C/CO. The van der Waals surface area contributed by atoms with Crippen molar-refractivity contribution in [1.29, 1.82) is 0 Å². The summed E-state index contributed by atoms with van der Waals surface area (Å²) in [6.07, 6.45) is 4.53. The molecule has 5 heteroatoms. The summed E-state index contributed by atoms with van der Waals surface area (Å²) in [6, 6.07) is -0.411. The smallest absolute Gasteiger partial charge is 0.273 e. The number of aliphatic hydroxyl groups is 1. The zero-order chi connectivity index (χ0) is 10.3. The van der Waals surface area contributed by atoms with Crippen LogP contribution in [0.4, 0.5) is 0 Å². The lowest BCUT2D eigenvalue weighted by molar-refractivity contribution is -0.811. The van der Waals surface area contributed by atoms with Crippen molar-refractivity contribution in [3.63, 3.8) is 0 Å². The summed E-state index contributed by atoms with van der Waals surface area (Å²) in [4.78, 5) is 15.7. The van der Waals surface area contributed by atoms with Crippen LogP contribution in [0.3, 0.4) is 0 Å². The van der Waals surface area contributed by atoms with Crippen molar-refractivity contribution in [2.45, 2.75) is 13.0 Å². The van der Waals surface area contributed by atoms with Gasteiger partial charge in [0.2, 0.25) is 4.92 Å². The summed E-state index contributed by atoms with van der Waals surface area (Å²) in [5.74, 6) is 0. The van der Waals surface area contributed by atoms with Crippen LogP contribution in [-0.4, -0.2) is 29.8 Å². The van der Waals surface area contributed by atoms with Gasteiger partial charge >= 0.3 is 0 Å². The molecule has 0 heterocycles. The van der Waals surface area contributed by atoms with E-state index in [0.29, 0.717) is 9.96 Å². The van der Waals surface area contributed by atoms with Crippen LogP contribution in [0.2, 0.25) is 0 Å². The Balaban J connectivity index is 4.11. The lowest BCUT2D eigenvalue weighted by atomic mass is 10.3. The molecule has 0 radical (unpaired) electrons. The minimum absolute atomic E-state index is 0.122. The van der Waals surface area contributed by atoms with E-state index < -0.39 is 6.04 Å². The lowest BCUT2D eigenvalue weighted by Gasteiger charge is -1.92. The maximum atomic E-state index is 10.8. The Morgan fingerprint density at radius 2 is 2.38 bits per heavy atom. The molecule has 0 saturated heterocycles. The summed E-state index contributed by atoms with van der Waals surface area (Å²) >= 11 is 5.63. The molecule has 1 atom stereocenters. The molecular formula is C8H13ClNO3+. The molecule has 0 aromatic carbocycles. The summed E-state index contributed by atoms with van der Waals surface area (Å²) in [5, 5.41) is 8.85. The first-order valence-corrected chi connectivity index (χ1v) is 4.14. The fourth-order valence-corrected chi connectivity index (χ4v) is 0.765. The molecule has 0 aromatic heterocycles. The summed E-state index contributed by atoms with van der Waals surface area (Å²) in [7, 11) is 1.29. The van der Waals surface area contributed by atoms with Crippen molar-refractivity contribution < 1.29 is 14.9 Å². The Morgan fingerprint density at radius 1 is 1.77 bits per heavy atom. The van der Waals surface area contributed by atoms with Gasteiger partial charge in [-0.15, -0.1) is 0 Å². The van der Waals surface area contributed by atoms with E-state index in [2.05, 4.69) is 4.84 Å². The van der Waals surface area contributed by atoms with Crippen molar-refractivity contribution in [1.82, 2.24) is 0 Å².